The first-order valence-corrected chi connectivity index (χ1v) is 8.08. The molecule has 0 aromatic carbocycles. The number of pyridine rings is 1. The number of hydrazine groups is 1. The zero-order valence-corrected chi connectivity index (χ0v) is 12.9. The highest BCUT2D eigenvalue weighted by Gasteiger charge is 2.18. The minimum Gasteiger partial charge on any atom is -0.308 e. The van der Waals surface area contributed by atoms with Gasteiger partial charge in [0.15, 0.2) is 0 Å². The largest absolute Gasteiger partial charge is 0.308 e. The van der Waals surface area contributed by atoms with Crippen molar-refractivity contribution in [2.75, 3.05) is 25.1 Å². The van der Waals surface area contributed by atoms with Crippen LogP contribution in [-0.4, -0.2) is 44.0 Å². The minimum atomic E-state index is -3.55. The van der Waals surface area contributed by atoms with Crippen molar-refractivity contribution in [1.29, 1.82) is 0 Å². The number of nitrogens with zero attached hydrogens (tertiary/aromatic N) is 2. The van der Waals surface area contributed by atoms with Crippen LogP contribution in [0, 0.1) is 0 Å². The summed E-state index contributed by atoms with van der Waals surface area (Å²) in [6.07, 6.45) is 1.28. The Kier molecular flexibility index (Phi) is 6.34. The molecule has 8 heteroatoms. The van der Waals surface area contributed by atoms with Gasteiger partial charge in [-0.3, -0.25) is 0 Å². The molecule has 0 saturated heterocycles. The fourth-order valence-electron chi connectivity index (χ4n) is 1.86. The van der Waals surface area contributed by atoms with E-state index in [9.17, 15) is 8.42 Å². The molecule has 0 saturated carbocycles. The zero-order chi connectivity index (χ0) is 15.2. The number of hydrogen-bond acceptors (Lipinski definition) is 6. The maximum absolute atomic E-state index is 12.2. The number of likely N-dealkylation sites (N-methyl/N-ethyl adjacent to an activating group) is 1. The van der Waals surface area contributed by atoms with Gasteiger partial charge in [0.1, 0.15) is 10.7 Å². The summed E-state index contributed by atoms with van der Waals surface area (Å²) in [6.45, 7) is 8.39. The van der Waals surface area contributed by atoms with E-state index >= 15 is 0 Å². The third-order valence-electron chi connectivity index (χ3n) is 2.98. The molecule has 0 fully saturated rings. The van der Waals surface area contributed by atoms with Crippen LogP contribution in [0.3, 0.4) is 0 Å². The van der Waals surface area contributed by atoms with Crippen LogP contribution in [-0.2, 0) is 10.0 Å². The normalized spacial score (nSPS) is 13.4. The molecule has 0 spiro atoms. The Morgan fingerprint density at radius 3 is 2.45 bits per heavy atom. The summed E-state index contributed by atoms with van der Waals surface area (Å²) in [4.78, 5) is 6.19. The van der Waals surface area contributed by atoms with Gasteiger partial charge in [0.2, 0.25) is 10.0 Å². The number of nitrogen functional groups attached to an aromatic ring is 1. The van der Waals surface area contributed by atoms with Gasteiger partial charge in [0, 0.05) is 18.8 Å². The molecule has 114 valence electrons. The number of rotatable bonds is 8. The average Bonchev–Trinajstić information content (AvgIpc) is 2.44. The zero-order valence-electron chi connectivity index (χ0n) is 12.1. The summed E-state index contributed by atoms with van der Waals surface area (Å²) < 4.78 is 27.0. The molecule has 4 N–H and O–H groups in total. The molecule has 1 aromatic rings. The summed E-state index contributed by atoms with van der Waals surface area (Å²) in [5.74, 6) is 5.61. The Morgan fingerprint density at radius 1 is 1.35 bits per heavy atom. The molecule has 1 aromatic heterocycles. The lowest BCUT2D eigenvalue weighted by Crippen LogP contribution is -2.41. The van der Waals surface area contributed by atoms with E-state index in [0.717, 1.165) is 13.1 Å². The van der Waals surface area contributed by atoms with Gasteiger partial charge >= 0.3 is 0 Å². The molecule has 0 aliphatic heterocycles. The fourth-order valence-corrected chi connectivity index (χ4v) is 3.04. The van der Waals surface area contributed by atoms with Gasteiger partial charge in [0.25, 0.3) is 0 Å². The van der Waals surface area contributed by atoms with E-state index in [1.807, 2.05) is 20.8 Å². The van der Waals surface area contributed by atoms with Crippen LogP contribution < -0.4 is 16.0 Å². The van der Waals surface area contributed by atoms with Crippen molar-refractivity contribution >= 4 is 15.8 Å². The van der Waals surface area contributed by atoms with E-state index in [1.54, 1.807) is 0 Å². The minimum absolute atomic E-state index is 0.128. The Balaban J connectivity index is 2.73. The number of sulfonamides is 1. The molecule has 1 unspecified atom stereocenters. The first kappa shape index (κ1) is 16.8. The molecule has 20 heavy (non-hydrogen) atoms. The quantitative estimate of drug-likeness (QED) is 0.474. The monoisotopic (exact) mass is 301 g/mol. The predicted octanol–water partition coefficient (Wildman–Crippen LogP) is 0.376. The molecule has 1 atom stereocenters. The maximum Gasteiger partial charge on any atom is 0.242 e. The third-order valence-corrected chi connectivity index (χ3v) is 4.55. The smallest absolute Gasteiger partial charge is 0.242 e. The topological polar surface area (TPSA) is 100 Å². The molecular formula is C12H23N5O2S. The summed E-state index contributed by atoms with van der Waals surface area (Å²) in [5, 5.41) is 0. The van der Waals surface area contributed by atoms with E-state index in [0.29, 0.717) is 12.4 Å². The Labute approximate surface area is 120 Å². The van der Waals surface area contributed by atoms with Crippen molar-refractivity contribution in [1.82, 2.24) is 14.6 Å². The van der Waals surface area contributed by atoms with Crippen LogP contribution in [0.4, 0.5) is 5.82 Å². The van der Waals surface area contributed by atoms with Crippen molar-refractivity contribution in [3.05, 3.63) is 18.3 Å². The molecule has 7 nitrogen and oxygen atoms in total. The first-order chi connectivity index (χ1) is 9.42. The lowest BCUT2D eigenvalue weighted by molar-refractivity contribution is 0.282. The van der Waals surface area contributed by atoms with Crippen molar-refractivity contribution in [2.45, 2.75) is 31.7 Å². The van der Waals surface area contributed by atoms with Crippen LogP contribution in [0.1, 0.15) is 20.8 Å². The summed E-state index contributed by atoms with van der Waals surface area (Å²) >= 11 is 0. The lowest BCUT2D eigenvalue weighted by atomic mass is 10.3. The van der Waals surface area contributed by atoms with Crippen molar-refractivity contribution in [3.8, 4) is 0 Å². The van der Waals surface area contributed by atoms with E-state index in [4.69, 9.17) is 5.84 Å². The maximum atomic E-state index is 12.2. The Hall–Kier alpha value is -1.22. The van der Waals surface area contributed by atoms with Crippen molar-refractivity contribution in [3.63, 3.8) is 0 Å². The fraction of sp³-hybridized carbons (Fsp3) is 0.583. The summed E-state index contributed by atoms with van der Waals surface area (Å²) in [6, 6.07) is 2.81. The number of aromatic nitrogens is 1. The summed E-state index contributed by atoms with van der Waals surface area (Å²) in [5.41, 5.74) is 2.35. The van der Waals surface area contributed by atoms with E-state index in [1.165, 1.54) is 18.3 Å². The first-order valence-electron chi connectivity index (χ1n) is 6.60. The highest BCUT2D eigenvalue weighted by atomic mass is 32.2. The molecule has 0 aliphatic rings. The SMILES string of the molecule is CCN(CC)CC(C)NS(=O)(=O)c1ccc(NN)nc1. The van der Waals surface area contributed by atoms with E-state index < -0.39 is 10.0 Å². The number of anilines is 1. The Morgan fingerprint density at radius 2 is 2.00 bits per heavy atom. The predicted molar refractivity (Wildman–Crippen MR) is 79.6 cm³/mol. The van der Waals surface area contributed by atoms with Gasteiger partial charge in [-0.2, -0.15) is 0 Å². The van der Waals surface area contributed by atoms with Crippen LogP contribution in [0.5, 0.6) is 0 Å². The average molecular weight is 301 g/mol. The van der Waals surface area contributed by atoms with Crippen molar-refractivity contribution in [2.24, 2.45) is 5.84 Å². The van der Waals surface area contributed by atoms with Gasteiger partial charge in [-0.1, -0.05) is 13.8 Å². The lowest BCUT2D eigenvalue weighted by Gasteiger charge is -2.23. The van der Waals surface area contributed by atoms with Gasteiger partial charge in [-0.05, 0) is 32.1 Å². The highest BCUT2D eigenvalue weighted by Crippen LogP contribution is 2.10. The van der Waals surface area contributed by atoms with Crippen LogP contribution in [0.25, 0.3) is 0 Å². The van der Waals surface area contributed by atoms with Gasteiger partial charge in [0.05, 0.1) is 0 Å². The molecule has 0 amide bonds. The van der Waals surface area contributed by atoms with Crippen LogP contribution in [0.15, 0.2) is 23.2 Å². The molecule has 1 heterocycles. The van der Waals surface area contributed by atoms with Gasteiger partial charge in [-0.25, -0.2) is 24.0 Å². The number of nitrogens with two attached hydrogens (primary N) is 1. The second kappa shape index (κ2) is 7.53. The standard InChI is InChI=1S/C12H23N5O2S/c1-4-17(5-2)9-10(3)16-20(18,19)11-6-7-12(15-13)14-8-11/h6-8,10,16H,4-5,9,13H2,1-3H3,(H,14,15). The molecular weight excluding hydrogens is 278 g/mol. The third kappa shape index (κ3) is 4.71. The molecule has 1 rings (SSSR count). The van der Waals surface area contributed by atoms with Crippen molar-refractivity contribution < 1.29 is 8.42 Å². The van der Waals surface area contributed by atoms with E-state index in [2.05, 4.69) is 20.0 Å². The molecule has 0 radical (unpaired) electrons. The van der Waals surface area contributed by atoms with Gasteiger partial charge in [-0.15, -0.1) is 0 Å². The molecule has 0 aliphatic carbocycles. The van der Waals surface area contributed by atoms with Crippen LogP contribution in [0.2, 0.25) is 0 Å². The number of hydrogen-bond donors (Lipinski definition) is 3. The van der Waals surface area contributed by atoms with Crippen LogP contribution >= 0.6 is 0 Å². The van der Waals surface area contributed by atoms with E-state index in [-0.39, 0.29) is 10.9 Å². The summed E-state index contributed by atoms with van der Waals surface area (Å²) in [7, 11) is -3.55. The Bertz CT molecular complexity index is 499. The second-order valence-corrected chi connectivity index (χ2v) is 6.25. The second-order valence-electron chi connectivity index (χ2n) is 4.53. The van der Waals surface area contributed by atoms with Gasteiger partial charge < -0.3 is 10.3 Å². The highest BCUT2D eigenvalue weighted by molar-refractivity contribution is 7.89. The number of nitrogens with one attached hydrogen (secondary N) is 2. The molecule has 0 bridgehead atoms.